The van der Waals surface area contributed by atoms with Crippen LogP contribution in [0.1, 0.15) is 36.5 Å². The minimum absolute atomic E-state index is 0.461. The van der Waals surface area contributed by atoms with Gasteiger partial charge in [0, 0.05) is 5.56 Å². The third-order valence-electron chi connectivity index (χ3n) is 5.22. The fourth-order valence-electron chi connectivity index (χ4n) is 3.78. The molecule has 0 radical (unpaired) electrons. The van der Waals surface area contributed by atoms with Crippen molar-refractivity contribution < 1.29 is 19.4 Å². The summed E-state index contributed by atoms with van der Waals surface area (Å²) in [6.07, 6.45) is 2.17. The number of hydrogen-bond acceptors (Lipinski definition) is 3. The predicted molar refractivity (Wildman–Crippen MR) is 109 cm³/mol. The van der Waals surface area contributed by atoms with Crippen molar-refractivity contribution in [3.8, 4) is 11.5 Å². The molecule has 0 fully saturated rings. The number of benzene rings is 3. The Hall–Kier alpha value is -3.01. The van der Waals surface area contributed by atoms with E-state index in [0.717, 1.165) is 35.3 Å². The van der Waals surface area contributed by atoms with Crippen molar-refractivity contribution in [3.05, 3.63) is 71.3 Å². The van der Waals surface area contributed by atoms with E-state index >= 15 is 0 Å². The van der Waals surface area contributed by atoms with Crippen LogP contribution in [0.5, 0.6) is 11.5 Å². The first kappa shape index (κ1) is 18.4. The van der Waals surface area contributed by atoms with Gasteiger partial charge in [-0.3, -0.25) is 0 Å². The fraction of sp³-hybridized carbons (Fsp3) is 0.292. The van der Waals surface area contributed by atoms with E-state index in [1.54, 1.807) is 0 Å². The summed E-state index contributed by atoms with van der Waals surface area (Å²) in [5.74, 6) is 0.576. The lowest BCUT2D eigenvalue weighted by atomic mass is 9.96. The number of hydrogen-bond donors (Lipinski definition) is 1. The number of carboxylic acid groups (broad SMARTS) is 1. The van der Waals surface area contributed by atoms with Gasteiger partial charge < -0.3 is 14.6 Å². The molecule has 4 nitrogen and oxygen atoms in total. The van der Waals surface area contributed by atoms with E-state index in [1.165, 1.54) is 10.8 Å². The highest BCUT2D eigenvalue weighted by Gasteiger charge is 2.28. The Morgan fingerprint density at radius 3 is 2.75 bits per heavy atom. The summed E-state index contributed by atoms with van der Waals surface area (Å²) in [7, 11) is 0. The lowest BCUT2D eigenvalue weighted by Crippen LogP contribution is -2.31. The molecule has 1 atom stereocenters. The van der Waals surface area contributed by atoms with E-state index < -0.39 is 12.1 Å². The topological polar surface area (TPSA) is 55.8 Å². The van der Waals surface area contributed by atoms with Gasteiger partial charge in [0.1, 0.15) is 18.1 Å². The number of carbonyl (C=O) groups is 1. The molecular formula is C24H24O4. The molecule has 1 aliphatic rings. The molecule has 0 aromatic heterocycles. The maximum Gasteiger partial charge on any atom is 0.344 e. The van der Waals surface area contributed by atoms with Gasteiger partial charge in [-0.25, -0.2) is 4.79 Å². The molecule has 1 unspecified atom stereocenters. The summed E-state index contributed by atoms with van der Waals surface area (Å²) in [6.45, 7) is 2.56. The Kier molecular flexibility index (Phi) is 5.20. The van der Waals surface area contributed by atoms with Gasteiger partial charge in [0.25, 0.3) is 0 Å². The Labute approximate surface area is 164 Å². The smallest absolute Gasteiger partial charge is 0.344 e. The number of rotatable bonds is 6. The van der Waals surface area contributed by atoms with E-state index in [2.05, 4.69) is 37.3 Å². The summed E-state index contributed by atoms with van der Waals surface area (Å²) in [5.41, 5.74) is 3.15. The molecule has 0 bridgehead atoms. The highest BCUT2D eigenvalue weighted by Crippen LogP contribution is 2.38. The van der Waals surface area contributed by atoms with Crippen LogP contribution in [0.25, 0.3) is 10.8 Å². The van der Waals surface area contributed by atoms with Gasteiger partial charge in [0.2, 0.25) is 0 Å². The van der Waals surface area contributed by atoms with Crippen LogP contribution < -0.4 is 9.47 Å². The normalized spacial score (nSPS) is 15.7. The standard InChI is InChI=1S/C24H24O4/c1-2-5-20-21(12-10-18-11-13-22(24(25)26)28-23(18)20)27-15-16-8-9-17-6-3-4-7-19(17)14-16/h3-4,6-10,12,14,22H,2,5,11,13,15H2,1H3,(H,25,26). The van der Waals surface area contributed by atoms with Gasteiger partial charge in [-0.15, -0.1) is 0 Å². The van der Waals surface area contributed by atoms with Crippen molar-refractivity contribution in [2.45, 2.75) is 45.3 Å². The van der Waals surface area contributed by atoms with Crippen LogP contribution in [-0.2, 0) is 24.2 Å². The monoisotopic (exact) mass is 376 g/mol. The summed E-state index contributed by atoms with van der Waals surface area (Å²) in [5, 5.41) is 11.7. The third kappa shape index (κ3) is 3.68. The van der Waals surface area contributed by atoms with Crippen LogP contribution in [0.2, 0.25) is 0 Å². The summed E-state index contributed by atoms with van der Waals surface area (Å²) in [6, 6.07) is 18.6. The summed E-state index contributed by atoms with van der Waals surface area (Å²) in [4.78, 5) is 11.4. The number of aliphatic carboxylic acids is 1. The SMILES string of the molecule is CCCc1c(OCc2ccc3ccccc3c2)ccc2c1OC(C(=O)O)CC2. The zero-order valence-electron chi connectivity index (χ0n) is 16.0. The first-order valence-electron chi connectivity index (χ1n) is 9.80. The van der Waals surface area contributed by atoms with E-state index in [9.17, 15) is 9.90 Å². The van der Waals surface area contributed by atoms with E-state index in [-0.39, 0.29) is 0 Å². The molecule has 4 rings (SSSR count). The first-order valence-corrected chi connectivity index (χ1v) is 9.80. The second-order valence-corrected chi connectivity index (χ2v) is 7.23. The van der Waals surface area contributed by atoms with Crippen molar-refractivity contribution in [3.63, 3.8) is 0 Å². The third-order valence-corrected chi connectivity index (χ3v) is 5.22. The van der Waals surface area contributed by atoms with Crippen molar-refractivity contribution in [1.29, 1.82) is 0 Å². The zero-order chi connectivity index (χ0) is 19.5. The van der Waals surface area contributed by atoms with Crippen LogP contribution in [0.15, 0.2) is 54.6 Å². The highest BCUT2D eigenvalue weighted by atomic mass is 16.5. The van der Waals surface area contributed by atoms with Gasteiger partial charge in [-0.1, -0.05) is 55.8 Å². The molecule has 4 heteroatoms. The van der Waals surface area contributed by atoms with E-state index in [1.807, 2.05) is 24.3 Å². The molecule has 0 spiro atoms. The van der Waals surface area contributed by atoms with Crippen molar-refractivity contribution >= 4 is 16.7 Å². The number of fused-ring (bicyclic) bond motifs is 2. The molecule has 28 heavy (non-hydrogen) atoms. The second kappa shape index (κ2) is 7.93. The molecule has 1 heterocycles. The quantitative estimate of drug-likeness (QED) is 0.646. The minimum Gasteiger partial charge on any atom is -0.488 e. The summed E-state index contributed by atoms with van der Waals surface area (Å²) < 4.78 is 12.0. The predicted octanol–water partition coefficient (Wildman–Crippen LogP) is 5.15. The van der Waals surface area contributed by atoms with E-state index in [0.29, 0.717) is 25.2 Å². The Morgan fingerprint density at radius 2 is 1.96 bits per heavy atom. The first-order chi connectivity index (χ1) is 13.7. The van der Waals surface area contributed by atoms with Crippen molar-refractivity contribution in [1.82, 2.24) is 0 Å². The Morgan fingerprint density at radius 1 is 1.14 bits per heavy atom. The molecule has 1 aliphatic heterocycles. The van der Waals surface area contributed by atoms with Gasteiger partial charge in [0.05, 0.1) is 0 Å². The van der Waals surface area contributed by atoms with Crippen molar-refractivity contribution in [2.75, 3.05) is 0 Å². The molecule has 1 N–H and O–H groups in total. The Bertz CT molecular complexity index is 1010. The van der Waals surface area contributed by atoms with Crippen LogP contribution in [0.3, 0.4) is 0 Å². The second-order valence-electron chi connectivity index (χ2n) is 7.23. The van der Waals surface area contributed by atoms with Crippen LogP contribution in [-0.4, -0.2) is 17.2 Å². The molecule has 3 aromatic rings. The lowest BCUT2D eigenvalue weighted by molar-refractivity contribution is -0.145. The van der Waals surface area contributed by atoms with Gasteiger partial charge in [0.15, 0.2) is 6.10 Å². The number of carboxylic acids is 1. The molecule has 0 saturated heterocycles. The molecule has 144 valence electrons. The lowest BCUT2D eigenvalue weighted by Gasteiger charge is -2.26. The molecule has 0 amide bonds. The Balaban J connectivity index is 1.60. The fourth-order valence-corrected chi connectivity index (χ4v) is 3.78. The average molecular weight is 376 g/mol. The molecule has 3 aromatic carbocycles. The maximum absolute atomic E-state index is 11.4. The number of aryl methyl sites for hydroxylation is 1. The summed E-state index contributed by atoms with van der Waals surface area (Å²) >= 11 is 0. The molecule has 0 saturated carbocycles. The van der Waals surface area contributed by atoms with E-state index in [4.69, 9.17) is 9.47 Å². The van der Waals surface area contributed by atoms with Gasteiger partial charge in [-0.2, -0.15) is 0 Å². The maximum atomic E-state index is 11.4. The minimum atomic E-state index is -0.907. The molecule has 0 aliphatic carbocycles. The average Bonchev–Trinajstić information content (AvgIpc) is 2.72. The van der Waals surface area contributed by atoms with Crippen molar-refractivity contribution in [2.24, 2.45) is 0 Å². The largest absolute Gasteiger partial charge is 0.488 e. The number of ether oxygens (including phenoxy) is 2. The van der Waals surface area contributed by atoms with Crippen LogP contribution in [0.4, 0.5) is 0 Å². The highest BCUT2D eigenvalue weighted by molar-refractivity contribution is 5.83. The van der Waals surface area contributed by atoms with Crippen LogP contribution >= 0.6 is 0 Å². The van der Waals surface area contributed by atoms with Crippen LogP contribution in [0, 0.1) is 0 Å². The van der Waals surface area contributed by atoms with Gasteiger partial charge >= 0.3 is 5.97 Å². The molecular weight excluding hydrogens is 352 g/mol. The zero-order valence-corrected chi connectivity index (χ0v) is 16.0. The van der Waals surface area contributed by atoms with Gasteiger partial charge in [-0.05, 0) is 53.3 Å².